The summed E-state index contributed by atoms with van der Waals surface area (Å²) in [5.74, 6) is 0.327. The van der Waals surface area contributed by atoms with E-state index in [1.54, 1.807) is 37.4 Å². The molecule has 0 aromatic heterocycles. The second kappa shape index (κ2) is 6.96. The summed E-state index contributed by atoms with van der Waals surface area (Å²) >= 11 is 0. The lowest BCUT2D eigenvalue weighted by Crippen LogP contribution is -2.13. The Kier molecular flexibility index (Phi) is 4.78. The van der Waals surface area contributed by atoms with E-state index < -0.39 is 0 Å². The number of amides is 1. The van der Waals surface area contributed by atoms with Crippen LogP contribution in [-0.2, 0) is 0 Å². The third-order valence-electron chi connectivity index (χ3n) is 2.84. The monoisotopic (exact) mass is 281 g/mol. The van der Waals surface area contributed by atoms with Crippen molar-refractivity contribution in [1.29, 1.82) is 5.26 Å². The van der Waals surface area contributed by atoms with Crippen molar-refractivity contribution in [3.05, 3.63) is 54.1 Å². The molecule has 0 aliphatic heterocycles. The Morgan fingerprint density at radius 3 is 2.81 bits per heavy atom. The van der Waals surface area contributed by atoms with Gasteiger partial charge >= 0.3 is 0 Å². The summed E-state index contributed by atoms with van der Waals surface area (Å²) < 4.78 is 5.20. The maximum absolute atomic E-state index is 12.3. The second-order valence-corrected chi connectivity index (χ2v) is 4.22. The number of carbonyl (C=O) groups excluding carboxylic acids is 1. The lowest BCUT2D eigenvalue weighted by atomic mass is 10.1. The van der Waals surface area contributed by atoms with Crippen molar-refractivity contribution in [3.63, 3.8) is 0 Å². The van der Waals surface area contributed by atoms with E-state index in [0.717, 1.165) is 5.69 Å². The predicted molar refractivity (Wildman–Crippen MR) is 81.5 cm³/mol. The SMILES string of the molecule is CNc1ccccc1C(=O)Nc1cccc(OCC#N)c1. The number of para-hydroxylation sites is 1. The van der Waals surface area contributed by atoms with Crippen LogP contribution in [0, 0.1) is 11.3 Å². The van der Waals surface area contributed by atoms with Gasteiger partial charge in [-0.3, -0.25) is 4.79 Å². The highest BCUT2D eigenvalue weighted by atomic mass is 16.5. The van der Waals surface area contributed by atoms with Crippen molar-refractivity contribution in [2.24, 2.45) is 0 Å². The Balaban J connectivity index is 2.14. The summed E-state index contributed by atoms with van der Waals surface area (Å²) in [6.07, 6.45) is 0. The van der Waals surface area contributed by atoms with Gasteiger partial charge in [0, 0.05) is 24.5 Å². The molecular weight excluding hydrogens is 266 g/mol. The third-order valence-corrected chi connectivity index (χ3v) is 2.84. The normalized spacial score (nSPS) is 9.52. The van der Waals surface area contributed by atoms with Gasteiger partial charge in [-0.2, -0.15) is 5.26 Å². The number of benzene rings is 2. The highest BCUT2D eigenvalue weighted by molar-refractivity contribution is 6.08. The van der Waals surface area contributed by atoms with Crippen LogP contribution in [0.15, 0.2) is 48.5 Å². The first-order chi connectivity index (χ1) is 10.2. The van der Waals surface area contributed by atoms with Crippen LogP contribution in [0.4, 0.5) is 11.4 Å². The molecule has 2 rings (SSSR count). The molecule has 106 valence electrons. The van der Waals surface area contributed by atoms with E-state index in [2.05, 4.69) is 10.6 Å². The Labute approximate surface area is 123 Å². The molecule has 0 saturated heterocycles. The number of rotatable bonds is 5. The molecule has 0 aliphatic rings. The van der Waals surface area contributed by atoms with E-state index in [4.69, 9.17) is 10.00 Å². The third kappa shape index (κ3) is 3.74. The number of nitrogens with zero attached hydrogens (tertiary/aromatic N) is 1. The van der Waals surface area contributed by atoms with E-state index >= 15 is 0 Å². The first-order valence-electron chi connectivity index (χ1n) is 6.42. The van der Waals surface area contributed by atoms with E-state index in [0.29, 0.717) is 17.0 Å². The zero-order chi connectivity index (χ0) is 15.1. The summed E-state index contributed by atoms with van der Waals surface area (Å²) in [6.45, 7) is -0.0278. The first kappa shape index (κ1) is 14.4. The summed E-state index contributed by atoms with van der Waals surface area (Å²) in [4.78, 5) is 12.3. The summed E-state index contributed by atoms with van der Waals surface area (Å²) in [5, 5.41) is 14.3. The van der Waals surface area contributed by atoms with Gasteiger partial charge in [-0.1, -0.05) is 18.2 Å². The molecule has 0 radical (unpaired) electrons. The van der Waals surface area contributed by atoms with Gasteiger partial charge in [-0.25, -0.2) is 0 Å². The summed E-state index contributed by atoms with van der Waals surface area (Å²) in [6, 6.07) is 16.1. The smallest absolute Gasteiger partial charge is 0.257 e. The fourth-order valence-electron chi connectivity index (χ4n) is 1.88. The Bertz CT molecular complexity index is 677. The second-order valence-electron chi connectivity index (χ2n) is 4.22. The predicted octanol–water partition coefficient (Wildman–Crippen LogP) is 2.88. The van der Waals surface area contributed by atoms with Crippen LogP contribution in [-0.4, -0.2) is 19.6 Å². The van der Waals surface area contributed by atoms with Gasteiger partial charge in [0.15, 0.2) is 6.61 Å². The number of ether oxygens (including phenoxy) is 1. The average Bonchev–Trinajstić information content (AvgIpc) is 2.53. The summed E-state index contributed by atoms with van der Waals surface area (Å²) in [5.41, 5.74) is 1.93. The van der Waals surface area contributed by atoms with Gasteiger partial charge < -0.3 is 15.4 Å². The minimum atomic E-state index is -0.211. The van der Waals surface area contributed by atoms with Gasteiger partial charge in [-0.15, -0.1) is 0 Å². The molecule has 2 N–H and O–H groups in total. The fourth-order valence-corrected chi connectivity index (χ4v) is 1.88. The minimum absolute atomic E-state index is 0.0278. The molecule has 0 unspecified atom stereocenters. The Hall–Kier alpha value is -3.00. The average molecular weight is 281 g/mol. The van der Waals surface area contributed by atoms with Crippen molar-refractivity contribution in [2.75, 3.05) is 24.3 Å². The number of carbonyl (C=O) groups is 1. The maximum Gasteiger partial charge on any atom is 0.257 e. The van der Waals surface area contributed by atoms with E-state index in [1.807, 2.05) is 24.3 Å². The quantitative estimate of drug-likeness (QED) is 0.883. The highest BCUT2D eigenvalue weighted by Crippen LogP contribution is 2.20. The largest absolute Gasteiger partial charge is 0.479 e. The fraction of sp³-hybridized carbons (Fsp3) is 0.125. The standard InChI is InChI=1S/C16H15N3O2/c1-18-15-8-3-2-7-14(15)16(20)19-12-5-4-6-13(11-12)21-10-9-17/h2-8,11,18H,10H2,1H3,(H,19,20). The molecule has 5 heteroatoms. The van der Waals surface area contributed by atoms with Crippen LogP contribution in [0.25, 0.3) is 0 Å². The van der Waals surface area contributed by atoms with Crippen molar-refractivity contribution in [1.82, 2.24) is 0 Å². The molecule has 21 heavy (non-hydrogen) atoms. The van der Waals surface area contributed by atoms with E-state index in [9.17, 15) is 4.79 Å². The van der Waals surface area contributed by atoms with Gasteiger partial charge in [0.25, 0.3) is 5.91 Å². The van der Waals surface area contributed by atoms with Crippen molar-refractivity contribution in [2.45, 2.75) is 0 Å². The molecule has 0 saturated carbocycles. The molecule has 2 aromatic rings. The zero-order valence-corrected chi connectivity index (χ0v) is 11.6. The van der Waals surface area contributed by atoms with Crippen molar-refractivity contribution in [3.8, 4) is 11.8 Å². The van der Waals surface area contributed by atoms with Crippen LogP contribution in [0.2, 0.25) is 0 Å². The molecule has 0 heterocycles. The number of nitriles is 1. The minimum Gasteiger partial charge on any atom is -0.479 e. The van der Waals surface area contributed by atoms with Crippen LogP contribution in [0.1, 0.15) is 10.4 Å². The van der Waals surface area contributed by atoms with Crippen molar-refractivity contribution < 1.29 is 9.53 Å². The van der Waals surface area contributed by atoms with Gasteiger partial charge in [0.05, 0.1) is 5.56 Å². The van der Waals surface area contributed by atoms with Crippen LogP contribution >= 0.6 is 0 Å². The topological polar surface area (TPSA) is 74.2 Å². The molecule has 1 amide bonds. The number of hydrogen-bond donors (Lipinski definition) is 2. The van der Waals surface area contributed by atoms with Gasteiger partial charge in [0.2, 0.25) is 0 Å². The molecular formula is C16H15N3O2. The number of hydrogen-bond acceptors (Lipinski definition) is 4. The molecule has 0 aliphatic carbocycles. The van der Waals surface area contributed by atoms with Gasteiger partial charge in [0.1, 0.15) is 11.8 Å². The van der Waals surface area contributed by atoms with E-state index in [1.165, 1.54) is 0 Å². The van der Waals surface area contributed by atoms with E-state index in [-0.39, 0.29) is 12.5 Å². The van der Waals surface area contributed by atoms with Crippen LogP contribution in [0.3, 0.4) is 0 Å². The molecule has 0 atom stereocenters. The van der Waals surface area contributed by atoms with Gasteiger partial charge in [-0.05, 0) is 24.3 Å². The van der Waals surface area contributed by atoms with Crippen molar-refractivity contribution >= 4 is 17.3 Å². The maximum atomic E-state index is 12.3. The Morgan fingerprint density at radius 2 is 2.05 bits per heavy atom. The van der Waals surface area contributed by atoms with Crippen LogP contribution in [0.5, 0.6) is 5.75 Å². The lowest BCUT2D eigenvalue weighted by Gasteiger charge is -2.10. The highest BCUT2D eigenvalue weighted by Gasteiger charge is 2.10. The number of anilines is 2. The number of nitrogens with one attached hydrogen (secondary N) is 2. The molecule has 5 nitrogen and oxygen atoms in total. The molecule has 0 bridgehead atoms. The molecule has 2 aromatic carbocycles. The molecule has 0 spiro atoms. The lowest BCUT2D eigenvalue weighted by molar-refractivity contribution is 0.102. The molecule has 0 fully saturated rings. The zero-order valence-electron chi connectivity index (χ0n) is 11.6. The Morgan fingerprint density at radius 1 is 1.24 bits per heavy atom. The van der Waals surface area contributed by atoms with Crippen LogP contribution < -0.4 is 15.4 Å². The first-order valence-corrected chi connectivity index (χ1v) is 6.42. The summed E-state index contributed by atoms with van der Waals surface area (Å²) in [7, 11) is 1.77.